The summed E-state index contributed by atoms with van der Waals surface area (Å²) in [6.07, 6.45) is 1.67. The van der Waals surface area contributed by atoms with Gasteiger partial charge in [-0.3, -0.25) is 0 Å². The second kappa shape index (κ2) is 3.90. The molecule has 0 atom stereocenters. The van der Waals surface area contributed by atoms with Crippen molar-refractivity contribution in [3.05, 3.63) is 45.9 Å². The van der Waals surface area contributed by atoms with E-state index in [1.807, 2.05) is 30.3 Å². The lowest BCUT2D eigenvalue weighted by Gasteiger charge is -2.01. The van der Waals surface area contributed by atoms with Gasteiger partial charge in [-0.1, -0.05) is 30.3 Å². The Morgan fingerprint density at radius 3 is 2.40 bits per heavy atom. The highest BCUT2D eigenvalue weighted by Crippen LogP contribution is 2.24. The zero-order valence-electron chi connectivity index (χ0n) is 7.72. The molecule has 3 nitrogen and oxygen atoms in total. The van der Waals surface area contributed by atoms with E-state index in [1.165, 1.54) is 6.20 Å². The lowest BCUT2D eigenvalue weighted by Crippen LogP contribution is -2.13. The van der Waals surface area contributed by atoms with Crippen LogP contribution < -0.4 is 0 Å². The number of nitrogens with zero attached hydrogens (tertiary/aromatic N) is 1. The molecule has 0 spiro atoms. The largest absolute Gasteiger partial charge is 0.246 e. The Hall–Kier alpha value is -0.940. The molecule has 0 saturated heterocycles. The molecule has 78 valence electrons. The molecule has 0 N–H and O–H groups in total. The van der Waals surface area contributed by atoms with Gasteiger partial charge in [0.25, 0.3) is 0 Å². The minimum Gasteiger partial charge on any atom is -0.246 e. The maximum atomic E-state index is 11.7. The fourth-order valence-corrected chi connectivity index (χ4v) is 2.91. The van der Waals surface area contributed by atoms with Gasteiger partial charge in [0.15, 0.2) is 0 Å². The second-order valence-corrected chi connectivity index (χ2v) is 6.42. The summed E-state index contributed by atoms with van der Waals surface area (Å²) in [5.41, 5.74) is 0.940. The van der Waals surface area contributed by atoms with Gasteiger partial charge in [0.2, 0.25) is 9.84 Å². The van der Waals surface area contributed by atoms with Crippen molar-refractivity contribution in [1.82, 2.24) is 0 Å². The second-order valence-electron chi connectivity index (χ2n) is 3.12. The lowest BCUT2D eigenvalue weighted by atomic mass is 10.2. The van der Waals surface area contributed by atoms with Crippen LogP contribution in [0.5, 0.6) is 0 Å². The molecule has 5 heteroatoms. The van der Waals surface area contributed by atoms with E-state index in [1.54, 1.807) is 0 Å². The van der Waals surface area contributed by atoms with Crippen LogP contribution in [-0.4, -0.2) is 13.5 Å². The summed E-state index contributed by atoms with van der Waals surface area (Å²) < 4.78 is 23.4. The van der Waals surface area contributed by atoms with Gasteiger partial charge in [0, 0.05) is 6.42 Å². The summed E-state index contributed by atoms with van der Waals surface area (Å²) in [6.45, 7) is 0. The third-order valence-corrected chi connectivity index (χ3v) is 5.05. The lowest BCUT2D eigenvalue weighted by molar-refractivity contribution is 0.614. The third-order valence-electron chi connectivity index (χ3n) is 2.08. The number of rotatable bonds is 2. The van der Waals surface area contributed by atoms with Crippen molar-refractivity contribution in [2.24, 2.45) is 4.99 Å². The topological polar surface area (TPSA) is 46.5 Å². The van der Waals surface area contributed by atoms with Crippen LogP contribution in [0.15, 0.2) is 45.3 Å². The summed E-state index contributed by atoms with van der Waals surface area (Å²) in [5, 5.41) is 0.195. The van der Waals surface area contributed by atoms with E-state index in [2.05, 4.69) is 20.9 Å². The molecule has 0 unspecified atom stereocenters. The van der Waals surface area contributed by atoms with E-state index in [9.17, 15) is 8.42 Å². The van der Waals surface area contributed by atoms with Gasteiger partial charge in [0.05, 0.1) is 6.20 Å². The molecule has 0 amide bonds. The first-order valence-electron chi connectivity index (χ1n) is 4.32. The Balaban J connectivity index is 2.25. The molecule has 2 rings (SSSR count). The van der Waals surface area contributed by atoms with E-state index in [0.29, 0.717) is 6.42 Å². The molecule has 0 aromatic heterocycles. The van der Waals surface area contributed by atoms with E-state index in [0.717, 1.165) is 5.56 Å². The van der Waals surface area contributed by atoms with Gasteiger partial charge in [0.1, 0.15) is 8.86 Å². The van der Waals surface area contributed by atoms with Crippen LogP contribution in [0.4, 0.5) is 0 Å². The van der Waals surface area contributed by atoms with Crippen molar-refractivity contribution >= 4 is 30.8 Å². The zero-order chi connectivity index (χ0) is 10.9. The van der Waals surface area contributed by atoms with E-state index in [4.69, 9.17) is 0 Å². The Morgan fingerprint density at radius 2 is 1.87 bits per heavy atom. The van der Waals surface area contributed by atoms with E-state index >= 15 is 0 Å². The van der Waals surface area contributed by atoms with Crippen LogP contribution in [0.2, 0.25) is 0 Å². The highest BCUT2D eigenvalue weighted by Gasteiger charge is 2.27. The normalized spacial score (nSPS) is 18.5. The zero-order valence-corrected chi connectivity index (χ0v) is 10.1. The van der Waals surface area contributed by atoms with Gasteiger partial charge in [-0.2, -0.15) is 0 Å². The van der Waals surface area contributed by atoms with Crippen LogP contribution in [0.25, 0.3) is 0 Å². The molecule has 1 aliphatic heterocycles. The van der Waals surface area contributed by atoms with Gasteiger partial charge < -0.3 is 0 Å². The van der Waals surface area contributed by atoms with Crippen molar-refractivity contribution in [2.45, 2.75) is 6.42 Å². The summed E-state index contributed by atoms with van der Waals surface area (Å²) >= 11 is 2.97. The Kier molecular flexibility index (Phi) is 2.75. The first-order valence-corrected chi connectivity index (χ1v) is 6.59. The predicted octanol–water partition coefficient (Wildman–Crippen LogP) is 2.25. The van der Waals surface area contributed by atoms with Crippen LogP contribution in [0, 0.1) is 0 Å². The summed E-state index contributed by atoms with van der Waals surface area (Å²) in [6, 6.07) is 9.40. The number of hydrogen-bond donors (Lipinski definition) is 0. The Labute approximate surface area is 96.6 Å². The van der Waals surface area contributed by atoms with Crippen LogP contribution in [0.1, 0.15) is 5.56 Å². The van der Waals surface area contributed by atoms with Gasteiger partial charge in [-0.15, -0.1) is 0 Å². The summed E-state index contributed by atoms with van der Waals surface area (Å²) in [7, 11) is -3.34. The Bertz CT molecular complexity index is 532. The highest BCUT2D eigenvalue weighted by molar-refractivity contribution is 9.14. The van der Waals surface area contributed by atoms with Crippen LogP contribution >= 0.6 is 15.9 Å². The van der Waals surface area contributed by atoms with Crippen molar-refractivity contribution in [1.29, 1.82) is 0 Å². The fraction of sp³-hybridized carbons (Fsp3) is 0.100. The number of sulfone groups is 1. The molecular formula is C10H8BrNO2S. The quantitative estimate of drug-likeness (QED) is 0.837. The van der Waals surface area contributed by atoms with Crippen LogP contribution in [-0.2, 0) is 16.3 Å². The van der Waals surface area contributed by atoms with E-state index in [-0.39, 0.29) is 8.86 Å². The number of hydrogen-bond acceptors (Lipinski definition) is 3. The first-order chi connectivity index (χ1) is 7.10. The molecule has 0 fully saturated rings. The van der Waals surface area contributed by atoms with Crippen molar-refractivity contribution in [3.8, 4) is 0 Å². The smallest absolute Gasteiger partial charge is 0.228 e. The number of aliphatic imine (C=N–C) groups is 1. The maximum absolute atomic E-state index is 11.7. The Morgan fingerprint density at radius 1 is 1.20 bits per heavy atom. The minimum atomic E-state index is -3.34. The molecular weight excluding hydrogens is 278 g/mol. The molecule has 1 aliphatic rings. The fourth-order valence-electron chi connectivity index (χ4n) is 1.29. The van der Waals surface area contributed by atoms with Crippen LogP contribution in [0.3, 0.4) is 0 Å². The molecule has 1 aromatic carbocycles. The number of benzene rings is 1. The number of halogens is 1. The third kappa shape index (κ3) is 2.03. The van der Waals surface area contributed by atoms with Gasteiger partial charge >= 0.3 is 0 Å². The average molecular weight is 286 g/mol. The summed E-state index contributed by atoms with van der Waals surface area (Å²) in [5.74, 6) is 0. The maximum Gasteiger partial charge on any atom is 0.228 e. The monoisotopic (exact) mass is 285 g/mol. The van der Waals surface area contributed by atoms with E-state index < -0.39 is 9.84 Å². The molecule has 0 bridgehead atoms. The average Bonchev–Trinajstić information content (AvgIpc) is 2.47. The summed E-state index contributed by atoms with van der Waals surface area (Å²) in [4.78, 5) is 3.88. The van der Waals surface area contributed by atoms with Crippen molar-refractivity contribution in [3.63, 3.8) is 0 Å². The molecule has 1 aromatic rings. The molecule has 0 saturated carbocycles. The molecule has 15 heavy (non-hydrogen) atoms. The molecule has 0 aliphatic carbocycles. The highest BCUT2D eigenvalue weighted by atomic mass is 79.9. The standard InChI is InChI=1S/C10H8BrNO2S/c11-9-7-12-10(15(9,13)14)6-8-4-2-1-3-5-8/h1-5,7H,6H2. The minimum absolute atomic E-state index is 0.140. The first kappa shape index (κ1) is 10.6. The molecule has 0 radical (unpaired) electrons. The molecule has 1 heterocycles. The van der Waals surface area contributed by atoms with Crippen molar-refractivity contribution in [2.75, 3.05) is 0 Å². The van der Waals surface area contributed by atoms with Gasteiger partial charge in [-0.25, -0.2) is 13.4 Å². The van der Waals surface area contributed by atoms with Gasteiger partial charge in [-0.05, 0) is 21.5 Å². The SMILES string of the molecule is O=S1(=O)C(Br)=CN=C1Cc1ccccc1. The predicted molar refractivity (Wildman–Crippen MR) is 63.5 cm³/mol. The van der Waals surface area contributed by atoms with Crippen molar-refractivity contribution < 1.29 is 8.42 Å².